The van der Waals surface area contributed by atoms with E-state index in [0.29, 0.717) is 6.61 Å². The summed E-state index contributed by atoms with van der Waals surface area (Å²) in [6.07, 6.45) is 8.26. The summed E-state index contributed by atoms with van der Waals surface area (Å²) < 4.78 is 17.2. The van der Waals surface area contributed by atoms with Crippen LogP contribution in [-0.4, -0.2) is 25.9 Å². The average Bonchev–Trinajstić information content (AvgIpc) is 3.62. The van der Waals surface area contributed by atoms with E-state index < -0.39 is 0 Å². The first-order chi connectivity index (χ1) is 13.8. The molecule has 1 aliphatic heterocycles. The predicted molar refractivity (Wildman–Crippen MR) is 113 cm³/mol. The van der Waals surface area contributed by atoms with Gasteiger partial charge < -0.3 is 14.2 Å². The second kappa shape index (κ2) is 8.66. The van der Waals surface area contributed by atoms with Gasteiger partial charge in [0.25, 0.3) is 0 Å². The number of hydrogen-bond acceptors (Lipinski definition) is 3. The molecule has 2 aliphatic rings. The van der Waals surface area contributed by atoms with Crippen molar-refractivity contribution in [1.82, 2.24) is 0 Å². The van der Waals surface area contributed by atoms with Crippen LogP contribution in [0.25, 0.3) is 11.1 Å². The smallest absolute Gasteiger partial charge is 0.122 e. The van der Waals surface area contributed by atoms with Gasteiger partial charge in [0.1, 0.15) is 24.2 Å². The van der Waals surface area contributed by atoms with Gasteiger partial charge in [0, 0.05) is 0 Å². The maximum absolute atomic E-state index is 6.05. The van der Waals surface area contributed by atoms with Crippen LogP contribution in [0, 0.1) is 5.92 Å². The van der Waals surface area contributed by atoms with Crippen LogP contribution in [0.5, 0.6) is 11.5 Å². The number of ether oxygens (including phenoxy) is 3. The Hall–Kier alpha value is -2.52. The van der Waals surface area contributed by atoms with Crippen molar-refractivity contribution in [3.63, 3.8) is 0 Å². The van der Waals surface area contributed by atoms with Gasteiger partial charge in [-0.1, -0.05) is 24.3 Å². The van der Waals surface area contributed by atoms with Gasteiger partial charge in [0.2, 0.25) is 0 Å². The van der Waals surface area contributed by atoms with E-state index in [1.165, 1.54) is 29.5 Å². The average molecular weight is 376 g/mol. The molecule has 0 amide bonds. The molecule has 2 aromatic carbocycles. The lowest BCUT2D eigenvalue weighted by Crippen LogP contribution is -2.06. The summed E-state index contributed by atoms with van der Waals surface area (Å²) in [5, 5.41) is 0. The van der Waals surface area contributed by atoms with Crippen molar-refractivity contribution in [1.29, 1.82) is 0 Å². The van der Waals surface area contributed by atoms with Crippen molar-refractivity contribution >= 4 is 0 Å². The Morgan fingerprint density at radius 3 is 1.86 bits per heavy atom. The lowest BCUT2D eigenvalue weighted by atomic mass is 9.98. The summed E-state index contributed by atoms with van der Waals surface area (Å²) in [5.41, 5.74) is 4.68. The minimum Gasteiger partial charge on any atom is -0.493 e. The molecule has 3 heteroatoms. The Kier molecular flexibility index (Phi) is 5.82. The van der Waals surface area contributed by atoms with Crippen LogP contribution in [-0.2, 0) is 17.6 Å². The summed E-state index contributed by atoms with van der Waals surface area (Å²) in [7, 11) is 0. The third-order valence-corrected chi connectivity index (χ3v) is 5.18. The van der Waals surface area contributed by atoms with Gasteiger partial charge in [-0.05, 0) is 78.1 Å². The molecule has 1 saturated carbocycles. The molecule has 28 heavy (non-hydrogen) atoms. The second-order valence-electron chi connectivity index (χ2n) is 7.65. The molecular weight excluding hydrogens is 348 g/mol. The Bertz CT molecular complexity index is 775. The van der Waals surface area contributed by atoms with Crippen molar-refractivity contribution in [2.45, 2.75) is 31.8 Å². The van der Waals surface area contributed by atoms with Crippen molar-refractivity contribution in [2.24, 2.45) is 5.92 Å². The minimum absolute atomic E-state index is 0.251. The monoisotopic (exact) mass is 376 g/mol. The van der Waals surface area contributed by atoms with Crippen LogP contribution in [0.4, 0.5) is 0 Å². The van der Waals surface area contributed by atoms with Gasteiger partial charge in [-0.25, -0.2) is 0 Å². The molecule has 0 bridgehead atoms. The molecule has 2 aromatic rings. The Morgan fingerprint density at radius 2 is 1.39 bits per heavy atom. The van der Waals surface area contributed by atoms with Gasteiger partial charge in [0.15, 0.2) is 0 Å². The highest BCUT2D eigenvalue weighted by Crippen LogP contribution is 2.33. The maximum Gasteiger partial charge on any atom is 0.122 e. The SMILES string of the molecule is C=CCc1cc(-c2ccc(OCC3CO3)c(CC=C)c2)ccc1OCC1CC1. The molecule has 1 atom stereocenters. The third-order valence-electron chi connectivity index (χ3n) is 5.18. The van der Waals surface area contributed by atoms with Gasteiger partial charge in [-0.15, -0.1) is 13.2 Å². The Balaban J connectivity index is 1.56. The minimum atomic E-state index is 0.251. The van der Waals surface area contributed by atoms with Crippen LogP contribution < -0.4 is 9.47 Å². The van der Waals surface area contributed by atoms with E-state index in [-0.39, 0.29) is 6.10 Å². The number of benzene rings is 2. The molecule has 146 valence electrons. The standard InChI is InChI=1S/C25H28O3/c1-3-5-21-13-19(9-11-24(21)27-15-18-7-8-18)20-10-12-25(22(14-20)6-4-2)28-17-23-16-26-23/h3-4,9-14,18,23H,1-2,5-8,15-17H2. The lowest BCUT2D eigenvalue weighted by Gasteiger charge is -2.14. The highest BCUT2D eigenvalue weighted by atomic mass is 16.6. The normalized spacial score (nSPS) is 17.8. The van der Waals surface area contributed by atoms with Crippen molar-refractivity contribution < 1.29 is 14.2 Å². The number of hydrogen-bond donors (Lipinski definition) is 0. The summed E-state index contributed by atoms with van der Waals surface area (Å²) in [5.74, 6) is 2.63. The summed E-state index contributed by atoms with van der Waals surface area (Å²) in [4.78, 5) is 0. The van der Waals surface area contributed by atoms with Crippen molar-refractivity contribution in [2.75, 3.05) is 19.8 Å². The molecule has 4 rings (SSSR count). The van der Waals surface area contributed by atoms with E-state index in [9.17, 15) is 0 Å². The molecule has 0 N–H and O–H groups in total. The molecule has 3 nitrogen and oxygen atoms in total. The lowest BCUT2D eigenvalue weighted by molar-refractivity contribution is 0.261. The van der Waals surface area contributed by atoms with Gasteiger partial charge >= 0.3 is 0 Å². The van der Waals surface area contributed by atoms with Crippen LogP contribution in [0.15, 0.2) is 61.7 Å². The first-order valence-corrected chi connectivity index (χ1v) is 10.1. The molecule has 0 spiro atoms. The van der Waals surface area contributed by atoms with Gasteiger partial charge in [-0.2, -0.15) is 0 Å². The maximum atomic E-state index is 6.05. The molecule has 1 aliphatic carbocycles. The van der Waals surface area contributed by atoms with Crippen molar-refractivity contribution in [3.8, 4) is 22.6 Å². The summed E-state index contributed by atoms with van der Waals surface area (Å²) in [6.45, 7) is 10.0. The molecule has 0 radical (unpaired) electrons. The van der Waals surface area contributed by atoms with Gasteiger partial charge in [0.05, 0.1) is 13.2 Å². The molecule has 2 fully saturated rings. The molecule has 1 saturated heterocycles. The predicted octanol–water partition coefficient (Wildman–Crippen LogP) is 5.38. The third kappa shape index (κ3) is 4.85. The zero-order valence-corrected chi connectivity index (χ0v) is 16.4. The quantitative estimate of drug-likeness (QED) is 0.390. The van der Waals surface area contributed by atoms with Crippen LogP contribution in [0.1, 0.15) is 24.0 Å². The van der Waals surface area contributed by atoms with E-state index >= 15 is 0 Å². The number of allylic oxidation sites excluding steroid dienone is 2. The summed E-state index contributed by atoms with van der Waals surface area (Å²) >= 11 is 0. The molecule has 1 unspecified atom stereocenters. The van der Waals surface area contributed by atoms with E-state index in [4.69, 9.17) is 14.2 Å². The Morgan fingerprint density at radius 1 is 0.857 bits per heavy atom. The van der Waals surface area contributed by atoms with Gasteiger partial charge in [-0.3, -0.25) is 0 Å². The number of rotatable bonds is 11. The summed E-state index contributed by atoms with van der Waals surface area (Å²) in [6, 6.07) is 12.8. The molecular formula is C25H28O3. The van der Waals surface area contributed by atoms with Crippen LogP contribution >= 0.6 is 0 Å². The highest BCUT2D eigenvalue weighted by Gasteiger charge is 2.24. The van der Waals surface area contributed by atoms with E-state index in [1.54, 1.807) is 0 Å². The fourth-order valence-corrected chi connectivity index (χ4v) is 3.27. The Labute approximate surface area is 167 Å². The fourth-order valence-electron chi connectivity index (χ4n) is 3.27. The van der Waals surface area contributed by atoms with Crippen LogP contribution in [0.3, 0.4) is 0 Å². The van der Waals surface area contributed by atoms with E-state index in [0.717, 1.165) is 49.0 Å². The van der Waals surface area contributed by atoms with E-state index in [2.05, 4.69) is 49.6 Å². The number of epoxide rings is 1. The van der Waals surface area contributed by atoms with Crippen molar-refractivity contribution in [3.05, 3.63) is 72.8 Å². The second-order valence-corrected chi connectivity index (χ2v) is 7.65. The topological polar surface area (TPSA) is 31.0 Å². The van der Waals surface area contributed by atoms with E-state index in [1.807, 2.05) is 12.2 Å². The largest absolute Gasteiger partial charge is 0.493 e. The first-order valence-electron chi connectivity index (χ1n) is 10.1. The molecule has 1 heterocycles. The first kappa shape index (κ1) is 18.8. The fraction of sp³-hybridized carbons (Fsp3) is 0.360. The van der Waals surface area contributed by atoms with Crippen LogP contribution in [0.2, 0.25) is 0 Å². The highest BCUT2D eigenvalue weighted by molar-refractivity contribution is 5.68. The molecule has 0 aromatic heterocycles. The zero-order valence-electron chi connectivity index (χ0n) is 16.4. The zero-order chi connectivity index (χ0) is 19.3.